The number of rotatable bonds is 7. The summed E-state index contributed by atoms with van der Waals surface area (Å²) in [7, 11) is 1.59. The summed E-state index contributed by atoms with van der Waals surface area (Å²) in [4.78, 5) is 12.3. The molecule has 0 radical (unpaired) electrons. The molecule has 4 nitrogen and oxygen atoms in total. The van der Waals surface area contributed by atoms with Gasteiger partial charge in [0, 0.05) is 11.1 Å². The van der Waals surface area contributed by atoms with E-state index in [1.165, 1.54) is 6.08 Å². The SMILES string of the molecule is COc1ccc(C(=O)/C=C/c2ccc(OCc3ccccc3C#N)c(Br)c2)cc1. The molecule has 3 rings (SSSR count). The second-order valence-corrected chi connectivity index (χ2v) is 7.03. The van der Waals surface area contributed by atoms with Crippen LogP contribution in [0.2, 0.25) is 0 Å². The molecule has 0 atom stereocenters. The lowest BCUT2D eigenvalue weighted by molar-refractivity contribution is 0.104. The van der Waals surface area contributed by atoms with Crippen LogP contribution in [0.1, 0.15) is 27.0 Å². The van der Waals surface area contributed by atoms with Gasteiger partial charge >= 0.3 is 0 Å². The standard InChI is InChI=1S/C24H18BrNO3/c1-28-21-10-8-18(9-11-21)23(27)12-6-17-7-13-24(22(25)14-17)29-16-20-5-3-2-4-19(20)15-26/h2-14H,16H2,1H3/b12-6+. The molecule has 0 fully saturated rings. The van der Waals surface area contributed by atoms with Crippen LogP contribution in [0, 0.1) is 11.3 Å². The fourth-order valence-electron chi connectivity index (χ4n) is 2.67. The maximum absolute atomic E-state index is 12.3. The summed E-state index contributed by atoms with van der Waals surface area (Å²) in [6.07, 6.45) is 3.29. The summed E-state index contributed by atoms with van der Waals surface area (Å²) >= 11 is 3.50. The topological polar surface area (TPSA) is 59.3 Å². The average molecular weight is 448 g/mol. The minimum absolute atomic E-state index is 0.0859. The fraction of sp³-hybridized carbons (Fsp3) is 0.0833. The van der Waals surface area contributed by atoms with E-state index in [0.29, 0.717) is 29.2 Å². The number of ketones is 1. The zero-order valence-corrected chi connectivity index (χ0v) is 17.3. The lowest BCUT2D eigenvalue weighted by Crippen LogP contribution is -1.98. The summed E-state index contributed by atoms with van der Waals surface area (Å²) in [5.41, 5.74) is 2.89. The van der Waals surface area contributed by atoms with Gasteiger partial charge in [-0.25, -0.2) is 0 Å². The molecular formula is C24H18BrNO3. The third-order valence-corrected chi connectivity index (χ3v) is 4.90. The number of ether oxygens (including phenoxy) is 2. The van der Waals surface area contributed by atoms with Crippen molar-refractivity contribution in [2.75, 3.05) is 7.11 Å². The maximum Gasteiger partial charge on any atom is 0.185 e. The molecule has 3 aromatic carbocycles. The first-order chi connectivity index (χ1) is 14.1. The molecule has 0 amide bonds. The Morgan fingerprint density at radius 2 is 1.86 bits per heavy atom. The quantitative estimate of drug-likeness (QED) is 0.338. The molecular weight excluding hydrogens is 430 g/mol. The first kappa shape index (κ1) is 20.4. The molecule has 144 valence electrons. The van der Waals surface area contributed by atoms with Crippen molar-refractivity contribution in [3.8, 4) is 17.6 Å². The molecule has 0 saturated carbocycles. The Balaban J connectivity index is 1.66. The average Bonchev–Trinajstić information content (AvgIpc) is 2.77. The Kier molecular flexibility index (Phi) is 6.83. The number of hydrogen-bond acceptors (Lipinski definition) is 4. The second kappa shape index (κ2) is 9.72. The van der Waals surface area contributed by atoms with Gasteiger partial charge < -0.3 is 9.47 Å². The molecule has 0 aromatic heterocycles. The van der Waals surface area contributed by atoms with Crippen LogP contribution >= 0.6 is 15.9 Å². The minimum Gasteiger partial charge on any atom is -0.497 e. The van der Waals surface area contributed by atoms with Gasteiger partial charge in [0.1, 0.15) is 18.1 Å². The molecule has 0 N–H and O–H groups in total. The normalized spacial score (nSPS) is 10.5. The Morgan fingerprint density at radius 1 is 1.10 bits per heavy atom. The molecule has 0 bridgehead atoms. The van der Waals surface area contributed by atoms with E-state index >= 15 is 0 Å². The number of halogens is 1. The van der Waals surface area contributed by atoms with Crippen LogP contribution in [-0.2, 0) is 6.61 Å². The first-order valence-electron chi connectivity index (χ1n) is 8.87. The van der Waals surface area contributed by atoms with Crippen LogP contribution in [0.5, 0.6) is 11.5 Å². The van der Waals surface area contributed by atoms with Gasteiger partial charge in [0.25, 0.3) is 0 Å². The van der Waals surface area contributed by atoms with Crippen LogP contribution in [0.3, 0.4) is 0 Å². The van der Waals surface area contributed by atoms with Gasteiger partial charge in [-0.15, -0.1) is 0 Å². The second-order valence-electron chi connectivity index (χ2n) is 6.17. The molecule has 0 spiro atoms. The molecule has 0 unspecified atom stereocenters. The lowest BCUT2D eigenvalue weighted by atomic mass is 10.1. The Morgan fingerprint density at radius 3 is 2.55 bits per heavy atom. The van der Waals surface area contributed by atoms with E-state index in [9.17, 15) is 4.79 Å². The van der Waals surface area contributed by atoms with Crippen LogP contribution < -0.4 is 9.47 Å². The predicted molar refractivity (Wildman–Crippen MR) is 116 cm³/mol. The van der Waals surface area contributed by atoms with Crippen LogP contribution in [0.25, 0.3) is 6.08 Å². The molecule has 0 heterocycles. The van der Waals surface area contributed by atoms with Gasteiger partial charge in [0.2, 0.25) is 0 Å². The number of benzene rings is 3. The molecule has 3 aromatic rings. The number of hydrogen-bond donors (Lipinski definition) is 0. The highest BCUT2D eigenvalue weighted by atomic mass is 79.9. The first-order valence-corrected chi connectivity index (χ1v) is 9.67. The van der Waals surface area contributed by atoms with Crippen molar-refractivity contribution in [3.63, 3.8) is 0 Å². The van der Waals surface area contributed by atoms with Gasteiger partial charge in [0.05, 0.1) is 23.2 Å². The van der Waals surface area contributed by atoms with Crippen LogP contribution in [-0.4, -0.2) is 12.9 Å². The predicted octanol–water partition coefficient (Wildman–Crippen LogP) is 5.80. The van der Waals surface area contributed by atoms with Crippen molar-refractivity contribution in [2.45, 2.75) is 6.61 Å². The van der Waals surface area contributed by atoms with Gasteiger partial charge in [-0.3, -0.25) is 4.79 Å². The summed E-state index contributed by atoms with van der Waals surface area (Å²) in [6, 6.07) is 22.1. The number of carbonyl (C=O) groups is 1. The monoisotopic (exact) mass is 447 g/mol. The smallest absolute Gasteiger partial charge is 0.185 e. The van der Waals surface area contributed by atoms with Gasteiger partial charge in [-0.2, -0.15) is 5.26 Å². The van der Waals surface area contributed by atoms with Gasteiger partial charge in [-0.05, 0) is 70.0 Å². The third kappa shape index (κ3) is 5.34. The summed E-state index contributed by atoms with van der Waals surface area (Å²) in [5.74, 6) is 1.29. The van der Waals surface area contributed by atoms with Crippen LogP contribution in [0.4, 0.5) is 0 Å². The van der Waals surface area contributed by atoms with E-state index in [2.05, 4.69) is 22.0 Å². The Labute approximate surface area is 178 Å². The highest BCUT2D eigenvalue weighted by Crippen LogP contribution is 2.27. The summed E-state index contributed by atoms with van der Waals surface area (Å²) in [6.45, 7) is 0.299. The van der Waals surface area contributed by atoms with Gasteiger partial charge in [-0.1, -0.05) is 30.3 Å². The highest BCUT2D eigenvalue weighted by molar-refractivity contribution is 9.10. The van der Waals surface area contributed by atoms with E-state index in [1.807, 2.05) is 36.4 Å². The molecule has 0 saturated heterocycles. The van der Waals surface area contributed by atoms with Crippen molar-refractivity contribution in [1.29, 1.82) is 5.26 Å². The van der Waals surface area contributed by atoms with E-state index in [-0.39, 0.29) is 5.78 Å². The van der Waals surface area contributed by atoms with E-state index < -0.39 is 0 Å². The third-order valence-electron chi connectivity index (χ3n) is 4.28. The van der Waals surface area contributed by atoms with E-state index in [1.54, 1.807) is 43.5 Å². The molecule has 0 aliphatic carbocycles. The van der Waals surface area contributed by atoms with Crippen molar-refractivity contribution in [2.24, 2.45) is 0 Å². The minimum atomic E-state index is -0.0859. The maximum atomic E-state index is 12.3. The van der Waals surface area contributed by atoms with Crippen molar-refractivity contribution in [3.05, 3.63) is 99.5 Å². The Bertz CT molecular complexity index is 1080. The number of carbonyl (C=O) groups excluding carboxylic acids is 1. The van der Waals surface area contributed by atoms with Crippen LogP contribution in [0.15, 0.2) is 77.3 Å². The van der Waals surface area contributed by atoms with Gasteiger partial charge in [0.15, 0.2) is 5.78 Å². The van der Waals surface area contributed by atoms with Crippen molar-refractivity contribution < 1.29 is 14.3 Å². The van der Waals surface area contributed by atoms with E-state index in [4.69, 9.17) is 14.7 Å². The fourth-order valence-corrected chi connectivity index (χ4v) is 3.18. The van der Waals surface area contributed by atoms with Crippen molar-refractivity contribution >= 4 is 27.8 Å². The van der Waals surface area contributed by atoms with Crippen molar-refractivity contribution in [1.82, 2.24) is 0 Å². The zero-order chi connectivity index (χ0) is 20.6. The Hall–Kier alpha value is -3.36. The summed E-state index contributed by atoms with van der Waals surface area (Å²) in [5, 5.41) is 9.16. The lowest BCUT2D eigenvalue weighted by Gasteiger charge is -2.10. The molecule has 0 aliphatic heterocycles. The number of methoxy groups -OCH3 is 1. The number of nitriles is 1. The summed E-state index contributed by atoms with van der Waals surface area (Å²) < 4.78 is 11.7. The highest BCUT2D eigenvalue weighted by Gasteiger charge is 2.06. The number of nitrogens with zero attached hydrogens (tertiary/aromatic N) is 1. The molecule has 5 heteroatoms. The molecule has 29 heavy (non-hydrogen) atoms. The largest absolute Gasteiger partial charge is 0.497 e. The van der Waals surface area contributed by atoms with E-state index in [0.717, 1.165) is 15.6 Å². The zero-order valence-electron chi connectivity index (χ0n) is 15.8. The molecule has 0 aliphatic rings. The number of allylic oxidation sites excluding steroid dienone is 1.